The molecule has 0 N–H and O–H groups in total. The highest BCUT2D eigenvalue weighted by atomic mass is 35.5. The summed E-state index contributed by atoms with van der Waals surface area (Å²) in [6, 6.07) is 9.53. The number of carbonyl (C=O) groups excluding carboxylic acids is 2. The van der Waals surface area contributed by atoms with Crippen LogP contribution in [0.4, 0.5) is 0 Å². The Morgan fingerprint density at radius 3 is 2.54 bits per heavy atom. The molecule has 2 aromatic rings. The number of hydrogen-bond acceptors (Lipinski definition) is 3. The zero-order chi connectivity index (χ0) is 20.1. The van der Waals surface area contributed by atoms with E-state index < -0.39 is 5.60 Å². The molecule has 0 aliphatic carbocycles. The van der Waals surface area contributed by atoms with E-state index in [-0.39, 0.29) is 11.7 Å². The number of rotatable bonds is 1. The van der Waals surface area contributed by atoms with Gasteiger partial charge in [0.15, 0.2) is 5.78 Å². The molecule has 1 amide bonds. The molecule has 2 aromatic carbocycles. The van der Waals surface area contributed by atoms with Gasteiger partial charge in [-0.3, -0.25) is 9.59 Å². The Bertz CT molecular complexity index is 974. The number of fused-ring (bicyclic) bond motifs is 1. The Kier molecular flexibility index (Phi) is 4.70. The molecule has 0 aromatic heterocycles. The van der Waals surface area contributed by atoms with Gasteiger partial charge in [0, 0.05) is 36.5 Å². The van der Waals surface area contributed by atoms with Crippen molar-refractivity contribution in [2.24, 2.45) is 0 Å². The highest BCUT2D eigenvalue weighted by molar-refractivity contribution is 6.32. The molecular weight excluding hydrogens is 374 g/mol. The van der Waals surface area contributed by atoms with Crippen molar-refractivity contribution in [1.82, 2.24) is 4.90 Å². The summed E-state index contributed by atoms with van der Waals surface area (Å²) in [7, 11) is 0. The first-order chi connectivity index (χ1) is 13.3. The smallest absolute Gasteiger partial charge is 0.253 e. The molecule has 0 saturated carbocycles. The average molecular weight is 398 g/mol. The number of benzene rings is 2. The Balaban J connectivity index is 1.53. The van der Waals surface area contributed by atoms with Crippen molar-refractivity contribution >= 4 is 23.3 Å². The first-order valence-electron chi connectivity index (χ1n) is 9.67. The lowest BCUT2D eigenvalue weighted by Crippen LogP contribution is -2.52. The van der Waals surface area contributed by atoms with Crippen molar-refractivity contribution in [1.29, 1.82) is 0 Å². The number of amides is 1. The van der Waals surface area contributed by atoms with Gasteiger partial charge < -0.3 is 9.64 Å². The predicted octanol–water partition coefficient (Wildman–Crippen LogP) is 4.91. The van der Waals surface area contributed by atoms with Crippen LogP contribution in [0.15, 0.2) is 30.3 Å². The van der Waals surface area contributed by atoms with Crippen molar-refractivity contribution in [3.05, 3.63) is 63.2 Å². The van der Waals surface area contributed by atoms with Crippen LogP contribution in [0.1, 0.15) is 56.7 Å². The standard InChI is InChI=1S/C23H24ClNO3/c1-14-5-4-6-17(11-14)22(27)25-9-7-23(8-10-25)13-18(26)20-16(3)21(24)15(2)12-19(20)28-23/h4-6,11-12H,7-10,13H2,1-3H3. The molecule has 4 nitrogen and oxygen atoms in total. The minimum Gasteiger partial charge on any atom is -0.486 e. The summed E-state index contributed by atoms with van der Waals surface area (Å²) in [6.45, 7) is 6.95. The van der Waals surface area contributed by atoms with Gasteiger partial charge in [-0.25, -0.2) is 0 Å². The summed E-state index contributed by atoms with van der Waals surface area (Å²) in [4.78, 5) is 27.6. The van der Waals surface area contributed by atoms with E-state index in [2.05, 4.69) is 0 Å². The Morgan fingerprint density at radius 1 is 1.14 bits per heavy atom. The number of Topliss-reactive ketones (excluding diaryl/α,β-unsaturated/α-hetero) is 1. The van der Waals surface area contributed by atoms with Gasteiger partial charge in [-0.05, 0) is 50.1 Å². The number of ether oxygens (including phenoxy) is 1. The molecule has 0 bridgehead atoms. The molecule has 5 heteroatoms. The Labute approximate surface area is 170 Å². The van der Waals surface area contributed by atoms with Gasteiger partial charge in [0.25, 0.3) is 5.91 Å². The maximum Gasteiger partial charge on any atom is 0.253 e. The molecular formula is C23H24ClNO3. The quantitative estimate of drug-likeness (QED) is 0.687. The lowest BCUT2D eigenvalue weighted by Gasteiger charge is -2.44. The third-order valence-corrected chi connectivity index (χ3v) is 6.54. The van der Waals surface area contributed by atoms with E-state index in [9.17, 15) is 9.59 Å². The van der Waals surface area contributed by atoms with E-state index >= 15 is 0 Å². The second kappa shape index (κ2) is 6.93. The number of hydrogen-bond donors (Lipinski definition) is 0. The van der Waals surface area contributed by atoms with Gasteiger partial charge in [-0.2, -0.15) is 0 Å². The van der Waals surface area contributed by atoms with Gasteiger partial charge in [-0.15, -0.1) is 0 Å². The average Bonchev–Trinajstić information content (AvgIpc) is 2.66. The molecule has 28 heavy (non-hydrogen) atoms. The van der Waals surface area contributed by atoms with Crippen molar-refractivity contribution < 1.29 is 14.3 Å². The highest BCUT2D eigenvalue weighted by Crippen LogP contribution is 2.43. The zero-order valence-electron chi connectivity index (χ0n) is 16.5. The van der Waals surface area contributed by atoms with Crippen LogP contribution in [0, 0.1) is 20.8 Å². The van der Waals surface area contributed by atoms with Crippen LogP contribution in [-0.2, 0) is 0 Å². The minimum absolute atomic E-state index is 0.0413. The van der Waals surface area contributed by atoms with Crippen molar-refractivity contribution in [3.63, 3.8) is 0 Å². The van der Waals surface area contributed by atoms with Crippen molar-refractivity contribution in [3.8, 4) is 5.75 Å². The number of aryl methyl sites for hydroxylation is 2. The molecule has 0 atom stereocenters. The zero-order valence-corrected chi connectivity index (χ0v) is 17.2. The minimum atomic E-state index is -0.528. The van der Waals surface area contributed by atoms with Gasteiger partial charge in [-0.1, -0.05) is 29.3 Å². The van der Waals surface area contributed by atoms with Crippen LogP contribution in [0.3, 0.4) is 0 Å². The number of ketones is 1. The van der Waals surface area contributed by atoms with Crippen LogP contribution in [0.5, 0.6) is 5.75 Å². The van der Waals surface area contributed by atoms with Gasteiger partial charge in [0.05, 0.1) is 12.0 Å². The summed E-state index contributed by atoms with van der Waals surface area (Å²) < 4.78 is 6.38. The number of carbonyl (C=O) groups is 2. The summed E-state index contributed by atoms with van der Waals surface area (Å²) in [5.41, 5.74) is 3.57. The molecule has 2 aliphatic rings. The molecule has 146 valence electrons. The number of nitrogens with zero attached hydrogens (tertiary/aromatic N) is 1. The van der Waals surface area contributed by atoms with Crippen LogP contribution >= 0.6 is 11.6 Å². The van der Waals surface area contributed by atoms with Crippen LogP contribution in [0.25, 0.3) is 0 Å². The highest BCUT2D eigenvalue weighted by Gasteiger charge is 2.44. The molecule has 2 aliphatic heterocycles. The monoisotopic (exact) mass is 397 g/mol. The number of halogens is 1. The van der Waals surface area contributed by atoms with Crippen molar-refractivity contribution in [2.45, 2.75) is 45.6 Å². The summed E-state index contributed by atoms with van der Waals surface area (Å²) in [5.74, 6) is 0.757. The topological polar surface area (TPSA) is 46.6 Å². The van der Waals surface area contributed by atoms with Gasteiger partial charge in [0.2, 0.25) is 0 Å². The fourth-order valence-corrected chi connectivity index (χ4v) is 4.51. The van der Waals surface area contributed by atoms with E-state index in [0.29, 0.717) is 54.3 Å². The SMILES string of the molecule is Cc1cccc(C(=O)N2CCC3(CC2)CC(=O)c2c(cc(C)c(Cl)c2C)O3)c1. The van der Waals surface area contributed by atoms with Crippen LogP contribution < -0.4 is 4.74 Å². The van der Waals surface area contributed by atoms with Gasteiger partial charge >= 0.3 is 0 Å². The van der Waals surface area contributed by atoms with E-state index in [1.54, 1.807) is 0 Å². The normalized spacial score (nSPS) is 18.0. The van der Waals surface area contributed by atoms with E-state index in [4.69, 9.17) is 16.3 Å². The van der Waals surface area contributed by atoms with E-state index in [1.807, 2.05) is 56.0 Å². The first-order valence-corrected chi connectivity index (χ1v) is 10.1. The molecule has 1 saturated heterocycles. The Morgan fingerprint density at radius 2 is 1.86 bits per heavy atom. The second-order valence-corrected chi connectivity index (χ2v) is 8.43. The molecule has 1 fully saturated rings. The lowest BCUT2D eigenvalue weighted by atomic mass is 9.81. The van der Waals surface area contributed by atoms with Crippen LogP contribution in [-0.4, -0.2) is 35.3 Å². The maximum absolute atomic E-state index is 12.9. The molecule has 0 unspecified atom stereocenters. The fraction of sp³-hybridized carbons (Fsp3) is 0.391. The predicted molar refractivity (Wildman–Crippen MR) is 110 cm³/mol. The lowest BCUT2D eigenvalue weighted by molar-refractivity contribution is -0.00581. The molecule has 0 radical (unpaired) electrons. The van der Waals surface area contributed by atoms with Gasteiger partial charge in [0.1, 0.15) is 11.4 Å². The summed E-state index contributed by atoms with van der Waals surface area (Å²) >= 11 is 6.33. The van der Waals surface area contributed by atoms with E-state index in [1.165, 1.54) is 0 Å². The number of piperidine rings is 1. The summed E-state index contributed by atoms with van der Waals surface area (Å²) in [6.07, 6.45) is 1.64. The molecule has 4 rings (SSSR count). The summed E-state index contributed by atoms with van der Waals surface area (Å²) in [5, 5.41) is 0.630. The fourth-order valence-electron chi connectivity index (χ4n) is 4.36. The largest absolute Gasteiger partial charge is 0.486 e. The second-order valence-electron chi connectivity index (χ2n) is 8.05. The van der Waals surface area contributed by atoms with Crippen molar-refractivity contribution in [2.75, 3.05) is 13.1 Å². The third-order valence-electron chi connectivity index (χ3n) is 5.96. The number of likely N-dealkylation sites (tertiary alicyclic amines) is 1. The maximum atomic E-state index is 12.9. The van der Waals surface area contributed by atoms with E-state index in [0.717, 1.165) is 16.7 Å². The first kappa shape index (κ1) is 19.0. The third kappa shape index (κ3) is 3.20. The molecule has 1 spiro atoms. The van der Waals surface area contributed by atoms with Crippen LogP contribution in [0.2, 0.25) is 5.02 Å². The Hall–Kier alpha value is -2.33. The molecule has 2 heterocycles.